The lowest BCUT2D eigenvalue weighted by Gasteiger charge is -2.52. The highest BCUT2D eigenvalue weighted by atomic mass is 16.4. The molecule has 1 spiro atoms. The van der Waals surface area contributed by atoms with Gasteiger partial charge in [-0.2, -0.15) is 5.10 Å². The maximum atomic E-state index is 13.5. The summed E-state index contributed by atoms with van der Waals surface area (Å²) in [6.07, 6.45) is 3.77. The van der Waals surface area contributed by atoms with Crippen LogP contribution in [0.15, 0.2) is 24.3 Å². The van der Waals surface area contributed by atoms with Crippen molar-refractivity contribution in [2.75, 3.05) is 19.6 Å². The molecule has 1 unspecified atom stereocenters. The van der Waals surface area contributed by atoms with Crippen LogP contribution in [0.5, 0.6) is 0 Å². The number of carboxylic acids is 1. The highest BCUT2D eigenvalue weighted by molar-refractivity contribution is 6.00. The largest absolute Gasteiger partial charge is 0.478 e. The Hall–Kier alpha value is -3.20. The molecule has 38 heavy (non-hydrogen) atoms. The van der Waals surface area contributed by atoms with Crippen molar-refractivity contribution >= 4 is 17.8 Å². The Labute approximate surface area is 225 Å². The second-order valence-electron chi connectivity index (χ2n) is 11.2. The number of carbonyl (C=O) groups is 3. The van der Waals surface area contributed by atoms with Gasteiger partial charge in [-0.1, -0.05) is 27.2 Å². The van der Waals surface area contributed by atoms with E-state index in [1.165, 1.54) is 0 Å². The molecule has 2 amide bonds. The fraction of sp³-hybridized carbons (Fsp3) is 0.586. The van der Waals surface area contributed by atoms with Crippen LogP contribution in [-0.2, 0) is 16.1 Å². The van der Waals surface area contributed by atoms with Crippen LogP contribution in [0.1, 0.15) is 80.2 Å². The number of carboxylic acid groups (broad SMARTS) is 1. The number of unbranched alkanes of at least 4 members (excludes halogenated alkanes) is 1. The quantitative estimate of drug-likeness (QED) is 0.519. The van der Waals surface area contributed by atoms with Gasteiger partial charge in [0, 0.05) is 37.4 Å². The maximum absolute atomic E-state index is 13.5. The lowest BCUT2D eigenvalue weighted by molar-refractivity contribution is -0.161. The van der Waals surface area contributed by atoms with Crippen molar-refractivity contribution < 1.29 is 19.5 Å². The van der Waals surface area contributed by atoms with E-state index in [1.54, 1.807) is 24.3 Å². The van der Waals surface area contributed by atoms with Crippen LogP contribution in [0.3, 0.4) is 0 Å². The van der Waals surface area contributed by atoms with Gasteiger partial charge < -0.3 is 15.3 Å². The zero-order valence-electron chi connectivity index (χ0n) is 23.3. The Morgan fingerprint density at radius 2 is 1.82 bits per heavy atom. The number of nitrogens with one attached hydrogen (secondary N) is 1. The van der Waals surface area contributed by atoms with Crippen LogP contribution in [0.25, 0.3) is 5.69 Å². The van der Waals surface area contributed by atoms with Gasteiger partial charge in [0.2, 0.25) is 11.8 Å². The number of aromatic nitrogens is 2. The summed E-state index contributed by atoms with van der Waals surface area (Å²) < 4.78 is 1.86. The molecule has 2 aromatic rings. The predicted octanol–water partition coefficient (Wildman–Crippen LogP) is 3.70. The lowest BCUT2D eigenvalue weighted by Crippen LogP contribution is -2.73. The first-order valence-corrected chi connectivity index (χ1v) is 13.8. The average Bonchev–Trinajstić information content (AvgIpc) is 3.16. The first kappa shape index (κ1) is 27.8. The van der Waals surface area contributed by atoms with Gasteiger partial charge in [-0.15, -0.1) is 0 Å². The molecule has 4 rings (SSSR count). The Bertz CT molecular complexity index is 1180. The van der Waals surface area contributed by atoms with Gasteiger partial charge in [-0.05, 0) is 69.7 Å². The number of carbonyl (C=O) groups excluding carboxylic acids is 2. The normalized spacial score (nSPS) is 19.8. The summed E-state index contributed by atoms with van der Waals surface area (Å²) in [6, 6.07) is 6.29. The number of nitrogens with zero attached hydrogens (tertiary/aromatic N) is 4. The molecule has 1 atom stereocenters. The molecule has 2 saturated heterocycles. The fourth-order valence-electron chi connectivity index (χ4n) is 5.85. The summed E-state index contributed by atoms with van der Waals surface area (Å²) in [5.41, 5.74) is 3.36. The molecular weight excluding hydrogens is 482 g/mol. The van der Waals surface area contributed by atoms with Gasteiger partial charge in [0.1, 0.15) is 11.6 Å². The number of piperidine rings is 1. The zero-order chi connectivity index (χ0) is 27.6. The van der Waals surface area contributed by atoms with E-state index in [0.29, 0.717) is 38.3 Å². The number of hydrogen-bond acceptors (Lipinski definition) is 5. The van der Waals surface area contributed by atoms with Crippen LogP contribution >= 0.6 is 0 Å². The molecular formula is C29H41N5O4. The van der Waals surface area contributed by atoms with E-state index in [4.69, 9.17) is 5.10 Å². The smallest absolute Gasteiger partial charge is 0.335 e. The second-order valence-corrected chi connectivity index (χ2v) is 11.2. The molecule has 9 heteroatoms. The van der Waals surface area contributed by atoms with Crippen LogP contribution in [0.4, 0.5) is 0 Å². The molecule has 206 valence electrons. The topological polar surface area (TPSA) is 108 Å². The predicted molar refractivity (Wildman–Crippen MR) is 145 cm³/mol. The van der Waals surface area contributed by atoms with E-state index in [-0.39, 0.29) is 17.4 Å². The third-order valence-corrected chi connectivity index (χ3v) is 8.12. The van der Waals surface area contributed by atoms with Gasteiger partial charge in [0.15, 0.2) is 0 Å². The monoisotopic (exact) mass is 523 g/mol. The number of amides is 2. The van der Waals surface area contributed by atoms with Crippen LogP contribution in [0, 0.1) is 19.8 Å². The Morgan fingerprint density at radius 1 is 1.16 bits per heavy atom. The van der Waals surface area contributed by atoms with Crippen molar-refractivity contribution in [1.82, 2.24) is 24.9 Å². The summed E-state index contributed by atoms with van der Waals surface area (Å²) in [5.74, 6) is -0.549. The number of rotatable bonds is 9. The van der Waals surface area contributed by atoms with E-state index >= 15 is 0 Å². The summed E-state index contributed by atoms with van der Waals surface area (Å²) in [7, 11) is 0. The summed E-state index contributed by atoms with van der Waals surface area (Å²) in [6.45, 7) is 13.1. The van der Waals surface area contributed by atoms with E-state index in [9.17, 15) is 19.5 Å². The summed E-state index contributed by atoms with van der Waals surface area (Å²) >= 11 is 0. The molecule has 2 aliphatic rings. The molecule has 0 radical (unpaired) electrons. The minimum Gasteiger partial charge on any atom is -0.478 e. The van der Waals surface area contributed by atoms with E-state index in [2.05, 4.69) is 31.0 Å². The second kappa shape index (κ2) is 11.3. The Kier molecular flexibility index (Phi) is 8.25. The molecule has 1 aromatic heterocycles. The van der Waals surface area contributed by atoms with E-state index in [0.717, 1.165) is 48.6 Å². The molecule has 2 N–H and O–H groups in total. The van der Waals surface area contributed by atoms with Gasteiger partial charge in [-0.25, -0.2) is 9.48 Å². The molecule has 9 nitrogen and oxygen atoms in total. The highest BCUT2D eigenvalue weighted by Crippen LogP contribution is 2.35. The zero-order valence-corrected chi connectivity index (χ0v) is 23.3. The van der Waals surface area contributed by atoms with E-state index < -0.39 is 17.6 Å². The van der Waals surface area contributed by atoms with Crippen molar-refractivity contribution in [3.05, 3.63) is 46.8 Å². The van der Waals surface area contributed by atoms with Crippen molar-refractivity contribution in [3.63, 3.8) is 0 Å². The van der Waals surface area contributed by atoms with Crippen molar-refractivity contribution in [1.29, 1.82) is 0 Å². The van der Waals surface area contributed by atoms with Gasteiger partial charge in [-0.3, -0.25) is 14.5 Å². The van der Waals surface area contributed by atoms with Crippen molar-refractivity contribution in [3.8, 4) is 5.69 Å². The molecule has 2 aliphatic heterocycles. The van der Waals surface area contributed by atoms with Crippen LogP contribution < -0.4 is 5.32 Å². The molecule has 0 bridgehead atoms. The first-order valence-electron chi connectivity index (χ1n) is 13.8. The van der Waals surface area contributed by atoms with Crippen LogP contribution in [-0.4, -0.2) is 73.7 Å². The minimum atomic E-state index is -0.953. The molecule has 3 heterocycles. The third-order valence-electron chi connectivity index (χ3n) is 8.12. The Balaban J connectivity index is 1.49. The Morgan fingerprint density at radius 3 is 2.39 bits per heavy atom. The number of aromatic carboxylic acids is 1. The third kappa shape index (κ3) is 5.34. The SMILES string of the molecule is CCCCN1C(=O)C(CC(C)C)NC(=O)C12CCN(Cc1c(C)nn(-c3ccc(C(=O)O)cc3)c1C)CC2. The van der Waals surface area contributed by atoms with Gasteiger partial charge in [0.25, 0.3) is 0 Å². The highest BCUT2D eigenvalue weighted by Gasteiger charge is 2.53. The van der Waals surface area contributed by atoms with Gasteiger partial charge in [0.05, 0.1) is 16.9 Å². The number of benzene rings is 1. The van der Waals surface area contributed by atoms with Crippen molar-refractivity contribution in [2.24, 2.45) is 5.92 Å². The minimum absolute atomic E-state index is 0.00323. The first-order chi connectivity index (χ1) is 18.1. The number of likely N-dealkylation sites (tertiary alicyclic amines) is 1. The molecule has 1 aromatic carbocycles. The number of aryl methyl sites for hydroxylation is 1. The maximum Gasteiger partial charge on any atom is 0.335 e. The molecule has 0 aliphatic carbocycles. The summed E-state index contributed by atoms with van der Waals surface area (Å²) in [5, 5.41) is 17.0. The van der Waals surface area contributed by atoms with Crippen molar-refractivity contribution in [2.45, 2.75) is 84.8 Å². The summed E-state index contributed by atoms with van der Waals surface area (Å²) in [4.78, 5) is 42.5. The molecule has 0 saturated carbocycles. The number of piperazine rings is 1. The van der Waals surface area contributed by atoms with E-state index in [1.807, 2.05) is 23.4 Å². The lowest BCUT2D eigenvalue weighted by atomic mass is 9.80. The standard InChI is InChI=1S/C29H41N5O4/c1-6-7-14-33-26(35)25(17-19(2)3)30-28(38)29(33)12-15-32(16-13-29)18-24-20(4)31-34(21(24)5)23-10-8-22(9-11-23)27(36)37/h8-11,19,25H,6-7,12-18H2,1-5H3,(H,30,38)(H,36,37). The average molecular weight is 524 g/mol. The molecule has 2 fully saturated rings. The number of hydrogen-bond donors (Lipinski definition) is 2. The van der Waals surface area contributed by atoms with Crippen LogP contribution in [0.2, 0.25) is 0 Å². The van der Waals surface area contributed by atoms with Gasteiger partial charge >= 0.3 is 5.97 Å². The fourth-order valence-corrected chi connectivity index (χ4v) is 5.85.